The summed E-state index contributed by atoms with van der Waals surface area (Å²) >= 11 is 0. The molecule has 4 rings (SSSR count). The highest BCUT2D eigenvalue weighted by atomic mass is 16.3. The quantitative estimate of drug-likeness (QED) is 0.918. The van der Waals surface area contributed by atoms with Gasteiger partial charge in [0, 0.05) is 43.5 Å². The standard InChI is InChI=1S/C20H31N3O/c1-15-13-23(10-9-20(15,24)18-7-8-18)14-16-11-21-19(22-12-16)17-5-3-2-4-6-17/h11-12,15,17-18,24H,2-10,13-14H2,1H3/t15-,20+/m1/s1. The van der Waals surface area contributed by atoms with Crippen molar-refractivity contribution in [2.75, 3.05) is 13.1 Å². The van der Waals surface area contributed by atoms with Gasteiger partial charge in [0.05, 0.1) is 5.60 Å². The maximum absolute atomic E-state index is 10.9. The molecule has 132 valence electrons. The monoisotopic (exact) mass is 329 g/mol. The number of rotatable bonds is 4. The molecule has 0 unspecified atom stereocenters. The van der Waals surface area contributed by atoms with Crippen LogP contribution in [0.3, 0.4) is 0 Å². The fourth-order valence-corrected chi connectivity index (χ4v) is 4.83. The van der Waals surface area contributed by atoms with Gasteiger partial charge in [-0.25, -0.2) is 9.97 Å². The van der Waals surface area contributed by atoms with Crippen LogP contribution in [-0.2, 0) is 6.54 Å². The van der Waals surface area contributed by atoms with Crippen LogP contribution < -0.4 is 0 Å². The lowest BCUT2D eigenvalue weighted by molar-refractivity contribution is -0.0833. The van der Waals surface area contributed by atoms with Gasteiger partial charge in [0.2, 0.25) is 0 Å². The summed E-state index contributed by atoms with van der Waals surface area (Å²) in [5.74, 6) is 2.55. The molecule has 0 radical (unpaired) electrons. The van der Waals surface area contributed by atoms with Crippen LogP contribution in [0, 0.1) is 11.8 Å². The normalized spacial score (nSPS) is 32.8. The zero-order valence-corrected chi connectivity index (χ0v) is 15.0. The lowest BCUT2D eigenvalue weighted by atomic mass is 9.78. The summed E-state index contributed by atoms with van der Waals surface area (Å²) in [6.07, 6.45) is 13.9. The van der Waals surface area contributed by atoms with E-state index in [4.69, 9.17) is 0 Å². The van der Waals surface area contributed by atoms with Crippen molar-refractivity contribution in [1.29, 1.82) is 0 Å². The Hall–Kier alpha value is -1.00. The van der Waals surface area contributed by atoms with E-state index in [2.05, 4.69) is 21.8 Å². The van der Waals surface area contributed by atoms with E-state index in [0.717, 1.165) is 31.9 Å². The summed E-state index contributed by atoms with van der Waals surface area (Å²) in [4.78, 5) is 11.8. The van der Waals surface area contributed by atoms with Gasteiger partial charge in [-0.3, -0.25) is 4.90 Å². The summed E-state index contributed by atoms with van der Waals surface area (Å²) < 4.78 is 0. The van der Waals surface area contributed by atoms with E-state index in [1.165, 1.54) is 50.5 Å². The molecule has 4 nitrogen and oxygen atoms in total. The van der Waals surface area contributed by atoms with E-state index >= 15 is 0 Å². The van der Waals surface area contributed by atoms with Gasteiger partial charge in [-0.2, -0.15) is 0 Å². The molecule has 0 amide bonds. The molecule has 2 heterocycles. The van der Waals surface area contributed by atoms with E-state index < -0.39 is 5.60 Å². The molecule has 0 spiro atoms. The van der Waals surface area contributed by atoms with Crippen LogP contribution in [-0.4, -0.2) is 38.7 Å². The first-order chi connectivity index (χ1) is 11.6. The molecule has 4 heteroatoms. The van der Waals surface area contributed by atoms with Crippen LogP contribution in [0.1, 0.15) is 75.6 Å². The van der Waals surface area contributed by atoms with Crippen LogP contribution in [0.15, 0.2) is 12.4 Å². The number of nitrogens with zero attached hydrogens (tertiary/aromatic N) is 3. The Morgan fingerprint density at radius 1 is 1.12 bits per heavy atom. The largest absolute Gasteiger partial charge is 0.389 e. The van der Waals surface area contributed by atoms with Gasteiger partial charge in [-0.1, -0.05) is 26.2 Å². The molecule has 3 fully saturated rings. The minimum atomic E-state index is -0.405. The third-order valence-corrected chi connectivity index (χ3v) is 6.60. The maximum atomic E-state index is 10.9. The average molecular weight is 329 g/mol. The summed E-state index contributed by atoms with van der Waals surface area (Å²) in [5.41, 5.74) is 0.802. The second-order valence-electron chi connectivity index (χ2n) is 8.44. The molecule has 0 bridgehead atoms. The minimum Gasteiger partial charge on any atom is -0.389 e. The van der Waals surface area contributed by atoms with Crippen LogP contribution in [0.25, 0.3) is 0 Å². The van der Waals surface area contributed by atoms with Crippen LogP contribution in [0.4, 0.5) is 0 Å². The van der Waals surface area contributed by atoms with Gasteiger partial charge in [0.25, 0.3) is 0 Å². The van der Waals surface area contributed by atoms with Crippen molar-refractivity contribution in [2.45, 2.75) is 76.4 Å². The first kappa shape index (κ1) is 16.5. The lowest BCUT2D eigenvalue weighted by Crippen LogP contribution is -2.51. The number of aliphatic hydroxyl groups is 1. The molecule has 1 N–H and O–H groups in total. The van der Waals surface area contributed by atoms with Gasteiger partial charge in [-0.15, -0.1) is 0 Å². The zero-order chi connectivity index (χ0) is 16.6. The van der Waals surface area contributed by atoms with Crippen molar-refractivity contribution in [3.8, 4) is 0 Å². The number of likely N-dealkylation sites (tertiary alicyclic amines) is 1. The predicted octanol–water partition coefficient (Wildman–Crippen LogP) is 3.51. The molecule has 2 aliphatic carbocycles. The molecule has 0 aromatic carbocycles. The summed E-state index contributed by atoms with van der Waals surface area (Å²) in [6.45, 7) is 5.10. The smallest absolute Gasteiger partial charge is 0.131 e. The van der Waals surface area contributed by atoms with Crippen LogP contribution in [0.2, 0.25) is 0 Å². The highest BCUT2D eigenvalue weighted by molar-refractivity contribution is 5.09. The van der Waals surface area contributed by atoms with E-state index in [1.807, 2.05) is 12.4 Å². The third-order valence-electron chi connectivity index (χ3n) is 6.60. The molecule has 3 aliphatic rings. The number of aromatic nitrogens is 2. The van der Waals surface area contributed by atoms with Gasteiger partial charge in [-0.05, 0) is 43.9 Å². The third kappa shape index (κ3) is 3.36. The molecule has 1 aromatic rings. The van der Waals surface area contributed by atoms with Crippen molar-refractivity contribution in [1.82, 2.24) is 14.9 Å². The molecule has 1 aliphatic heterocycles. The number of hydrogen-bond acceptors (Lipinski definition) is 4. The van der Waals surface area contributed by atoms with Gasteiger partial charge >= 0.3 is 0 Å². The predicted molar refractivity (Wildman–Crippen MR) is 94.6 cm³/mol. The molecule has 2 saturated carbocycles. The molecule has 24 heavy (non-hydrogen) atoms. The van der Waals surface area contributed by atoms with E-state index in [9.17, 15) is 5.11 Å². The van der Waals surface area contributed by atoms with E-state index in [0.29, 0.717) is 17.8 Å². The molecule has 2 atom stereocenters. The number of piperidine rings is 1. The summed E-state index contributed by atoms with van der Waals surface area (Å²) in [5, 5.41) is 10.9. The van der Waals surface area contributed by atoms with Gasteiger partial charge in [0.1, 0.15) is 5.82 Å². The van der Waals surface area contributed by atoms with Gasteiger partial charge in [0.15, 0.2) is 0 Å². The van der Waals surface area contributed by atoms with Crippen molar-refractivity contribution in [2.24, 2.45) is 11.8 Å². The Kier molecular flexibility index (Phi) is 4.61. The molecular weight excluding hydrogens is 298 g/mol. The highest BCUT2D eigenvalue weighted by Gasteiger charge is 2.49. The van der Waals surface area contributed by atoms with Crippen molar-refractivity contribution >= 4 is 0 Å². The maximum Gasteiger partial charge on any atom is 0.131 e. The molecule has 1 saturated heterocycles. The first-order valence-corrected chi connectivity index (χ1v) is 9.90. The Morgan fingerprint density at radius 3 is 2.46 bits per heavy atom. The average Bonchev–Trinajstić information content (AvgIpc) is 3.45. The van der Waals surface area contributed by atoms with Crippen molar-refractivity contribution in [3.05, 3.63) is 23.8 Å². The second-order valence-corrected chi connectivity index (χ2v) is 8.44. The van der Waals surface area contributed by atoms with Crippen molar-refractivity contribution < 1.29 is 5.11 Å². The minimum absolute atomic E-state index is 0.362. The molecule has 1 aromatic heterocycles. The highest BCUT2D eigenvalue weighted by Crippen LogP contribution is 2.47. The first-order valence-electron chi connectivity index (χ1n) is 9.90. The zero-order valence-electron chi connectivity index (χ0n) is 15.0. The van der Waals surface area contributed by atoms with Gasteiger partial charge < -0.3 is 5.11 Å². The van der Waals surface area contributed by atoms with Crippen molar-refractivity contribution in [3.63, 3.8) is 0 Å². The molecular formula is C20H31N3O. The SMILES string of the molecule is C[C@@H]1CN(Cc2cnc(C3CCCCC3)nc2)CC[C@@]1(O)C1CC1. The Morgan fingerprint density at radius 2 is 1.83 bits per heavy atom. The Balaban J connectivity index is 1.34. The van der Waals surface area contributed by atoms with E-state index in [1.54, 1.807) is 0 Å². The lowest BCUT2D eigenvalue weighted by Gasteiger charge is -2.43. The summed E-state index contributed by atoms with van der Waals surface area (Å²) in [6, 6.07) is 0. The van der Waals surface area contributed by atoms with Crippen LogP contribution in [0.5, 0.6) is 0 Å². The summed E-state index contributed by atoms with van der Waals surface area (Å²) in [7, 11) is 0. The second kappa shape index (κ2) is 6.72. The topological polar surface area (TPSA) is 49.2 Å². The Bertz CT molecular complexity index is 551. The Labute approximate surface area is 145 Å². The van der Waals surface area contributed by atoms with E-state index in [-0.39, 0.29) is 0 Å². The number of hydrogen-bond donors (Lipinski definition) is 1. The van der Waals surface area contributed by atoms with Crippen LogP contribution >= 0.6 is 0 Å². The fourth-order valence-electron chi connectivity index (χ4n) is 4.83. The fraction of sp³-hybridized carbons (Fsp3) is 0.800.